The zero-order chi connectivity index (χ0) is 27.9. The number of halogens is 1. The van der Waals surface area contributed by atoms with E-state index in [-0.39, 0.29) is 17.7 Å². The lowest BCUT2D eigenvalue weighted by molar-refractivity contribution is -0.108. The third-order valence-corrected chi connectivity index (χ3v) is 7.13. The maximum absolute atomic E-state index is 13.8. The third kappa shape index (κ3) is 5.81. The number of nitrogens with two attached hydrogens (primary N) is 1. The topological polar surface area (TPSA) is 106 Å². The van der Waals surface area contributed by atoms with Gasteiger partial charge >= 0.3 is 0 Å². The number of aliphatic hydroxyl groups is 1. The molecule has 5 aromatic rings. The highest BCUT2D eigenvalue weighted by atomic mass is 19.1. The molecule has 0 saturated carbocycles. The average molecular weight is 528 g/mol. The lowest BCUT2D eigenvalue weighted by Gasteiger charge is -2.22. The highest BCUT2D eigenvalue weighted by Gasteiger charge is 2.24. The number of aldehydes is 1. The van der Waals surface area contributed by atoms with Gasteiger partial charge in [0.15, 0.2) is 5.65 Å². The van der Waals surface area contributed by atoms with E-state index < -0.39 is 0 Å². The van der Waals surface area contributed by atoms with Gasteiger partial charge in [-0.3, -0.25) is 4.98 Å². The predicted molar refractivity (Wildman–Crippen MR) is 154 cm³/mol. The van der Waals surface area contributed by atoms with Crippen molar-refractivity contribution in [1.29, 1.82) is 0 Å². The molecule has 0 radical (unpaired) electrons. The summed E-state index contributed by atoms with van der Waals surface area (Å²) in [6.07, 6.45) is 7.74. The molecule has 3 heterocycles. The Hall–Kier alpha value is -4.17. The first-order valence-electron chi connectivity index (χ1n) is 13.2. The minimum atomic E-state index is -0.308. The van der Waals surface area contributed by atoms with Crippen LogP contribution in [0, 0.1) is 11.7 Å². The van der Waals surface area contributed by atoms with Gasteiger partial charge in [0.1, 0.15) is 17.9 Å². The third-order valence-electron chi connectivity index (χ3n) is 7.13. The molecule has 202 valence electrons. The van der Waals surface area contributed by atoms with Crippen LogP contribution in [0.25, 0.3) is 38.8 Å². The molecule has 2 atom stereocenters. The molecule has 0 aliphatic rings. The van der Waals surface area contributed by atoms with E-state index in [1.54, 1.807) is 22.8 Å². The Morgan fingerprint density at radius 3 is 2.51 bits per heavy atom. The number of para-hydroxylation sites is 1. The summed E-state index contributed by atoms with van der Waals surface area (Å²) in [5.74, 6) is 0.554. The smallest absolute Gasteiger partial charge is 0.165 e. The molecule has 2 aromatic carbocycles. The van der Waals surface area contributed by atoms with Crippen LogP contribution in [0.1, 0.15) is 51.1 Å². The highest BCUT2D eigenvalue weighted by Crippen LogP contribution is 2.39. The van der Waals surface area contributed by atoms with Crippen LogP contribution in [0.2, 0.25) is 0 Å². The molecule has 0 spiro atoms. The summed E-state index contributed by atoms with van der Waals surface area (Å²) in [7, 11) is 1.00. The summed E-state index contributed by atoms with van der Waals surface area (Å²) in [6, 6.07) is 16.4. The van der Waals surface area contributed by atoms with Gasteiger partial charge in [-0.15, -0.1) is 0 Å². The molecule has 0 aliphatic carbocycles. The van der Waals surface area contributed by atoms with Crippen LogP contribution < -0.4 is 5.73 Å². The lowest BCUT2D eigenvalue weighted by Crippen LogP contribution is -2.12. The molecule has 0 bridgehead atoms. The fourth-order valence-corrected chi connectivity index (χ4v) is 4.96. The van der Waals surface area contributed by atoms with Crippen molar-refractivity contribution in [3.63, 3.8) is 0 Å². The summed E-state index contributed by atoms with van der Waals surface area (Å²) in [6.45, 7) is 4.23. The van der Waals surface area contributed by atoms with E-state index in [9.17, 15) is 9.18 Å². The standard InChI is InChI=1S/C30H30FN5O.CH4O/c1-3-20(9-8-19(2)14-15-37)28-27(21-10-12-24(31)13-11-21)29(32)36-30(35-28)25(18-34-36)23-16-22-6-4-5-7-26(22)33-17-23;1-2/h4-7,10-13,15-20H,3,8-9,14,32H2,1-2H3;2H,1H3. The fourth-order valence-electron chi connectivity index (χ4n) is 4.96. The summed E-state index contributed by atoms with van der Waals surface area (Å²) >= 11 is 0. The molecule has 3 N–H and O–H groups in total. The molecule has 2 unspecified atom stereocenters. The molecular weight excluding hydrogens is 493 g/mol. The first-order chi connectivity index (χ1) is 19.0. The zero-order valence-corrected chi connectivity index (χ0v) is 22.5. The van der Waals surface area contributed by atoms with Crippen molar-refractivity contribution in [2.75, 3.05) is 12.8 Å². The fraction of sp³-hybridized carbons (Fsp3) is 0.290. The number of benzene rings is 2. The van der Waals surface area contributed by atoms with Gasteiger partial charge in [0, 0.05) is 47.7 Å². The Labute approximate surface area is 227 Å². The van der Waals surface area contributed by atoms with Gasteiger partial charge in [0.25, 0.3) is 0 Å². The van der Waals surface area contributed by atoms with Crippen LogP contribution in [0.5, 0.6) is 0 Å². The van der Waals surface area contributed by atoms with Gasteiger partial charge in [-0.25, -0.2) is 9.37 Å². The van der Waals surface area contributed by atoms with Gasteiger partial charge in [-0.2, -0.15) is 9.61 Å². The van der Waals surface area contributed by atoms with Crippen LogP contribution >= 0.6 is 0 Å². The first kappa shape index (κ1) is 27.9. The van der Waals surface area contributed by atoms with Gasteiger partial charge < -0.3 is 15.6 Å². The molecule has 3 aromatic heterocycles. The maximum Gasteiger partial charge on any atom is 0.165 e. The second-order valence-electron chi connectivity index (χ2n) is 9.66. The first-order valence-corrected chi connectivity index (χ1v) is 13.2. The van der Waals surface area contributed by atoms with Gasteiger partial charge in [0.2, 0.25) is 0 Å². The number of aromatic nitrogens is 4. The number of aliphatic hydroxyl groups excluding tert-OH is 1. The Bertz CT molecular complexity index is 1570. The predicted octanol–water partition coefficient (Wildman–Crippen LogP) is 6.44. The molecular formula is C31H34FN5O2. The maximum atomic E-state index is 13.8. The van der Waals surface area contributed by atoms with E-state index in [0.717, 1.165) is 71.5 Å². The summed E-state index contributed by atoms with van der Waals surface area (Å²) in [5, 5.41) is 12.6. The number of carbonyl (C=O) groups is 1. The van der Waals surface area contributed by atoms with E-state index in [4.69, 9.17) is 15.8 Å². The Kier molecular flexibility index (Phi) is 8.99. The SMILES string of the molecule is CCC(CCC(C)CC=O)c1nc2c(-c3cnc4ccccc4c3)cnn2c(N)c1-c1ccc(F)cc1.CO. The number of fused-ring (bicyclic) bond motifs is 2. The van der Waals surface area contributed by atoms with E-state index in [0.29, 0.717) is 17.9 Å². The van der Waals surface area contributed by atoms with Crippen molar-refractivity contribution in [2.24, 2.45) is 5.92 Å². The van der Waals surface area contributed by atoms with E-state index in [1.807, 2.05) is 30.5 Å². The normalized spacial score (nSPS) is 12.6. The van der Waals surface area contributed by atoms with Crippen molar-refractivity contribution in [3.05, 3.63) is 78.5 Å². The van der Waals surface area contributed by atoms with Crippen LogP contribution in [0.3, 0.4) is 0 Å². The number of anilines is 1. The van der Waals surface area contributed by atoms with E-state index in [1.165, 1.54) is 12.1 Å². The van der Waals surface area contributed by atoms with Crippen LogP contribution in [0.15, 0.2) is 67.0 Å². The summed E-state index contributed by atoms with van der Waals surface area (Å²) in [4.78, 5) is 20.8. The molecule has 39 heavy (non-hydrogen) atoms. The van der Waals surface area contributed by atoms with E-state index in [2.05, 4.69) is 30.0 Å². The number of rotatable bonds is 9. The largest absolute Gasteiger partial charge is 0.400 e. The molecule has 0 fully saturated rings. The number of pyridine rings is 1. The van der Waals surface area contributed by atoms with Gasteiger partial charge in [-0.1, -0.05) is 44.2 Å². The van der Waals surface area contributed by atoms with Crippen LogP contribution in [0.4, 0.5) is 10.2 Å². The van der Waals surface area contributed by atoms with Crippen molar-refractivity contribution < 1.29 is 14.3 Å². The summed E-state index contributed by atoms with van der Waals surface area (Å²) < 4.78 is 15.4. The minimum absolute atomic E-state index is 0.110. The second-order valence-corrected chi connectivity index (χ2v) is 9.66. The number of hydrogen-bond donors (Lipinski definition) is 2. The van der Waals surface area contributed by atoms with Gasteiger partial charge in [0.05, 0.1) is 17.4 Å². The average Bonchev–Trinajstić information content (AvgIpc) is 3.39. The lowest BCUT2D eigenvalue weighted by atomic mass is 9.87. The van der Waals surface area contributed by atoms with Crippen molar-refractivity contribution in [2.45, 2.75) is 45.4 Å². The summed E-state index contributed by atoms with van der Waals surface area (Å²) in [5.41, 5.74) is 12.6. The molecule has 7 nitrogen and oxygen atoms in total. The molecule has 0 amide bonds. The highest BCUT2D eigenvalue weighted by molar-refractivity contribution is 5.88. The molecule has 5 rings (SSSR count). The number of nitrogen functional groups attached to an aromatic ring is 1. The van der Waals surface area contributed by atoms with Crippen LogP contribution in [-0.4, -0.2) is 38.1 Å². The quantitative estimate of drug-likeness (QED) is 0.214. The Balaban J connectivity index is 0.00000172. The zero-order valence-electron chi connectivity index (χ0n) is 22.5. The monoisotopic (exact) mass is 527 g/mol. The van der Waals surface area contributed by atoms with Crippen molar-refractivity contribution in [3.8, 4) is 22.3 Å². The molecule has 8 heteroatoms. The second kappa shape index (κ2) is 12.6. The van der Waals surface area contributed by atoms with Crippen molar-refractivity contribution >= 4 is 28.7 Å². The number of nitrogens with zero attached hydrogens (tertiary/aromatic N) is 4. The minimum Gasteiger partial charge on any atom is -0.400 e. The molecule has 0 aliphatic heterocycles. The Morgan fingerprint density at radius 2 is 1.79 bits per heavy atom. The molecule has 0 saturated heterocycles. The van der Waals surface area contributed by atoms with Crippen molar-refractivity contribution in [1.82, 2.24) is 19.6 Å². The van der Waals surface area contributed by atoms with Crippen LogP contribution in [-0.2, 0) is 4.79 Å². The number of carbonyl (C=O) groups excluding carboxylic acids is 1. The Morgan fingerprint density at radius 1 is 1.05 bits per heavy atom. The van der Waals surface area contributed by atoms with Gasteiger partial charge in [-0.05, 0) is 55.0 Å². The van der Waals surface area contributed by atoms with E-state index >= 15 is 0 Å². The number of hydrogen-bond acceptors (Lipinski definition) is 6.